The molecule has 0 bridgehead atoms. The molecule has 4 N–H and O–H groups in total. The molecule has 2 aromatic carbocycles. The molecular formula is C30H38N2O10. The van der Waals surface area contributed by atoms with E-state index in [1.165, 1.54) is 4.90 Å². The molecule has 0 unspecified atom stereocenters. The summed E-state index contributed by atoms with van der Waals surface area (Å²) in [4.78, 5) is 49.2. The van der Waals surface area contributed by atoms with Crippen molar-refractivity contribution in [2.24, 2.45) is 11.8 Å². The Balaban J connectivity index is 0.000000231. The highest BCUT2D eigenvalue weighted by Gasteiger charge is 2.61. The third kappa shape index (κ3) is 6.82. The Kier molecular flexibility index (Phi) is 10.9. The van der Waals surface area contributed by atoms with Crippen molar-refractivity contribution < 1.29 is 49.1 Å². The average molecular weight is 587 g/mol. The molecule has 2 fully saturated rings. The van der Waals surface area contributed by atoms with E-state index in [-0.39, 0.29) is 38.9 Å². The van der Waals surface area contributed by atoms with Crippen molar-refractivity contribution in [3.8, 4) is 0 Å². The zero-order valence-electron chi connectivity index (χ0n) is 23.7. The Morgan fingerprint density at radius 2 is 1.26 bits per heavy atom. The van der Waals surface area contributed by atoms with Crippen molar-refractivity contribution >= 4 is 24.1 Å². The molecule has 0 aliphatic carbocycles. The van der Waals surface area contributed by atoms with Crippen LogP contribution in [0.2, 0.25) is 0 Å². The van der Waals surface area contributed by atoms with Gasteiger partial charge in [0.1, 0.15) is 13.2 Å². The number of ether oxygens (including phenoxy) is 2. The summed E-state index contributed by atoms with van der Waals surface area (Å²) in [5, 5.41) is 37.1. The van der Waals surface area contributed by atoms with Crippen LogP contribution in [0.1, 0.15) is 37.8 Å². The highest BCUT2D eigenvalue weighted by atomic mass is 16.6. The summed E-state index contributed by atoms with van der Waals surface area (Å²) in [5.74, 6) is -2.89. The number of hydrogen-bond donors (Lipinski definition) is 4. The first-order valence-electron chi connectivity index (χ1n) is 13.6. The minimum atomic E-state index is -1.74. The van der Waals surface area contributed by atoms with E-state index in [9.17, 15) is 29.4 Å². The lowest BCUT2D eigenvalue weighted by molar-refractivity contribution is -0.174. The number of benzene rings is 2. The van der Waals surface area contributed by atoms with Gasteiger partial charge in [-0.1, -0.05) is 74.5 Å². The molecule has 0 saturated carbocycles. The molecule has 12 heteroatoms. The maximum atomic E-state index is 12.1. The number of likely N-dealkylation sites (tertiary alicyclic amines) is 2. The summed E-state index contributed by atoms with van der Waals surface area (Å²) in [6.45, 7) is 4.29. The fraction of sp³-hybridized carbons (Fsp3) is 0.467. The lowest BCUT2D eigenvalue weighted by Crippen LogP contribution is -2.72. The first kappa shape index (κ1) is 32.4. The van der Waals surface area contributed by atoms with E-state index in [0.717, 1.165) is 16.0 Å². The van der Waals surface area contributed by atoms with E-state index < -0.39 is 47.5 Å². The lowest BCUT2D eigenvalue weighted by Gasteiger charge is -2.56. The predicted molar refractivity (Wildman–Crippen MR) is 149 cm³/mol. The van der Waals surface area contributed by atoms with E-state index in [1.807, 2.05) is 43.3 Å². The number of aliphatic hydroxyl groups is 2. The standard InChI is InChI=1S/C15H17NO6.C15H21NO4/c1-10-8-16(15(10,13(19)20)7-12(17)18)14(21)22-9-11-5-3-2-4-6-11;1-12-9-16(15(12,11-18)7-8-17)14(19)20-10-13-5-3-2-4-6-13/h2-6,10H,7-9H2,1H3,(H,17,18)(H,19,20);2-6,12,17-18H,7-11H2,1H3/t10-,15+;12-,15-/m00/s1. The number of carbonyl (C=O) groups is 4. The van der Waals surface area contributed by atoms with E-state index >= 15 is 0 Å². The number of carboxylic acid groups (broad SMARTS) is 2. The molecule has 228 valence electrons. The largest absolute Gasteiger partial charge is 0.481 e. The van der Waals surface area contributed by atoms with Gasteiger partial charge in [-0.25, -0.2) is 14.4 Å². The van der Waals surface area contributed by atoms with Crippen LogP contribution in [0.15, 0.2) is 60.7 Å². The van der Waals surface area contributed by atoms with Gasteiger partial charge in [0.05, 0.1) is 18.6 Å². The number of rotatable bonds is 10. The molecule has 0 radical (unpaired) electrons. The van der Waals surface area contributed by atoms with Crippen LogP contribution in [-0.2, 0) is 32.3 Å². The quantitative estimate of drug-likeness (QED) is 0.324. The second kappa shape index (κ2) is 14.1. The van der Waals surface area contributed by atoms with Crippen molar-refractivity contribution in [2.45, 2.75) is 51.0 Å². The Labute approximate surface area is 244 Å². The van der Waals surface area contributed by atoms with Gasteiger partial charge in [0.2, 0.25) is 0 Å². The average Bonchev–Trinajstić information content (AvgIpc) is 2.98. The first-order valence-corrected chi connectivity index (χ1v) is 13.6. The van der Waals surface area contributed by atoms with Gasteiger partial charge < -0.3 is 29.9 Å². The van der Waals surface area contributed by atoms with Gasteiger partial charge in [-0.05, 0) is 23.5 Å². The minimum absolute atomic E-state index is 0.00727. The second-order valence-electron chi connectivity index (χ2n) is 10.6. The van der Waals surface area contributed by atoms with Crippen LogP contribution in [0, 0.1) is 11.8 Å². The molecular weight excluding hydrogens is 548 g/mol. The Morgan fingerprint density at radius 3 is 1.64 bits per heavy atom. The lowest BCUT2D eigenvalue weighted by atomic mass is 9.73. The van der Waals surface area contributed by atoms with E-state index in [2.05, 4.69) is 0 Å². The number of carboxylic acids is 2. The van der Waals surface area contributed by atoms with Crippen molar-refractivity contribution in [3.63, 3.8) is 0 Å². The van der Waals surface area contributed by atoms with Crippen LogP contribution in [-0.4, -0.2) is 91.7 Å². The molecule has 2 heterocycles. The second-order valence-corrected chi connectivity index (χ2v) is 10.6. The molecule has 2 aromatic rings. The summed E-state index contributed by atoms with van der Waals surface area (Å²) >= 11 is 0. The smallest absolute Gasteiger partial charge is 0.411 e. The SMILES string of the molecule is C[C@H]1CN(C(=O)OCc2ccccc2)[C@@]1(CC(=O)O)C(=O)O.C[C@H]1CN(C(=O)OCc2ccccc2)[C@]1(CO)CCO. The molecule has 0 aromatic heterocycles. The Hall–Kier alpha value is -4.16. The van der Waals surface area contributed by atoms with Crippen molar-refractivity contribution in [1.82, 2.24) is 9.80 Å². The van der Waals surface area contributed by atoms with Crippen molar-refractivity contribution in [3.05, 3.63) is 71.8 Å². The van der Waals surface area contributed by atoms with Gasteiger partial charge in [0.15, 0.2) is 5.54 Å². The van der Waals surface area contributed by atoms with Crippen LogP contribution in [0.4, 0.5) is 9.59 Å². The zero-order valence-corrected chi connectivity index (χ0v) is 23.7. The Bertz CT molecular complexity index is 1230. The van der Waals surface area contributed by atoms with Crippen LogP contribution in [0.5, 0.6) is 0 Å². The Morgan fingerprint density at radius 1 is 0.786 bits per heavy atom. The summed E-state index contributed by atoms with van der Waals surface area (Å²) in [6.07, 6.45) is -1.53. The van der Waals surface area contributed by atoms with Gasteiger partial charge in [0, 0.05) is 25.6 Å². The fourth-order valence-electron chi connectivity index (χ4n) is 5.41. The molecule has 2 saturated heterocycles. The van der Waals surface area contributed by atoms with Crippen LogP contribution in [0.3, 0.4) is 0 Å². The van der Waals surface area contributed by atoms with Crippen LogP contribution in [0.25, 0.3) is 0 Å². The molecule has 4 rings (SSSR count). The topological polar surface area (TPSA) is 174 Å². The van der Waals surface area contributed by atoms with Crippen LogP contribution >= 0.6 is 0 Å². The first-order chi connectivity index (χ1) is 20.0. The van der Waals surface area contributed by atoms with Gasteiger partial charge in [-0.15, -0.1) is 0 Å². The van der Waals surface area contributed by atoms with Gasteiger partial charge >= 0.3 is 24.1 Å². The van der Waals surface area contributed by atoms with E-state index in [1.54, 1.807) is 31.2 Å². The van der Waals surface area contributed by atoms with Crippen molar-refractivity contribution in [1.29, 1.82) is 0 Å². The molecule has 2 aliphatic heterocycles. The number of hydrogen-bond acceptors (Lipinski definition) is 8. The highest BCUT2D eigenvalue weighted by Crippen LogP contribution is 2.41. The van der Waals surface area contributed by atoms with E-state index in [0.29, 0.717) is 13.0 Å². The number of amides is 2. The van der Waals surface area contributed by atoms with Gasteiger partial charge in [0.25, 0.3) is 0 Å². The molecule has 2 aliphatic rings. The number of aliphatic carboxylic acids is 2. The number of aliphatic hydroxyl groups excluding tert-OH is 2. The summed E-state index contributed by atoms with van der Waals surface area (Å²) in [5.41, 5.74) is -0.725. The number of nitrogens with zero attached hydrogens (tertiary/aromatic N) is 2. The highest BCUT2D eigenvalue weighted by molar-refractivity contribution is 5.91. The molecule has 2 amide bonds. The predicted octanol–water partition coefficient (Wildman–Crippen LogP) is 2.96. The van der Waals surface area contributed by atoms with Gasteiger partial charge in [-0.3, -0.25) is 14.6 Å². The molecule has 4 atom stereocenters. The molecule has 42 heavy (non-hydrogen) atoms. The molecule has 0 spiro atoms. The fourth-order valence-corrected chi connectivity index (χ4v) is 5.41. The zero-order chi connectivity index (χ0) is 30.9. The summed E-state index contributed by atoms with van der Waals surface area (Å²) in [7, 11) is 0. The third-order valence-electron chi connectivity index (χ3n) is 8.13. The van der Waals surface area contributed by atoms with E-state index in [4.69, 9.17) is 19.7 Å². The van der Waals surface area contributed by atoms with Crippen molar-refractivity contribution in [2.75, 3.05) is 26.3 Å². The van der Waals surface area contributed by atoms with Crippen LogP contribution < -0.4 is 0 Å². The maximum absolute atomic E-state index is 12.1. The maximum Gasteiger partial charge on any atom is 0.411 e. The summed E-state index contributed by atoms with van der Waals surface area (Å²) < 4.78 is 10.4. The normalized spacial score (nSPS) is 24.3. The molecule has 12 nitrogen and oxygen atoms in total. The third-order valence-corrected chi connectivity index (χ3v) is 8.13. The number of carbonyl (C=O) groups excluding carboxylic acids is 2. The van der Waals surface area contributed by atoms with Gasteiger partial charge in [-0.2, -0.15) is 0 Å². The summed E-state index contributed by atoms with van der Waals surface area (Å²) in [6, 6.07) is 18.4. The minimum Gasteiger partial charge on any atom is -0.481 e. The monoisotopic (exact) mass is 586 g/mol.